The number of amides is 2. The number of nitrogens with one attached hydrogen (secondary N) is 5. The van der Waals surface area contributed by atoms with Crippen LogP contribution in [0.4, 0.5) is 23.1 Å². The second kappa shape index (κ2) is 9.17. The predicted octanol–water partition coefficient (Wildman–Crippen LogP) is 3.23. The fraction of sp³-hybridized carbons (Fsp3) is 0.130. The van der Waals surface area contributed by atoms with Crippen LogP contribution >= 0.6 is 0 Å². The molecule has 0 saturated carbocycles. The molecular weight excluding hydrogens is 406 g/mol. The van der Waals surface area contributed by atoms with Crippen molar-refractivity contribution in [3.8, 4) is 0 Å². The van der Waals surface area contributed by atoms with E-state index in [1.165, 1.54) is 7.05 Å². The Hall–Kier alpha value is -4.40. The predicted molar refractivity (Wildman–Crippen MR) is 124 cm³/mol. The Morgan fingerprint density at radius 3 is 2.69 bits per heavy atom. The molecule has 2 amide bonds. The van der Waals surface area contributed by atoms with Crippen LogP contribution in [0.3, 0.4) is 0 Å². The number of likely N-dealkylation sites (N-methyl/N-ethyl adjacent to an activating group) is 1. The van der Waals surface area contributed by atoms with Crippen LogP contribution in [-0.4, -0.2) is 40.4 Å². The highest BCUT2D eigenvalue weighted by molar-refractivity contribution is 5.97. The van der Waals surface area contributed by atoms with Gasteiger partial charge in [-0.05, 0) is 55.5 Å². The van der Waals surface area contributed by atoms with E-state index >= 15 is 0 Å². The number of H-pyrrole nitrogens is 1. The van der Waals surface area contributed by atoms with E-state index in [0.717, 1.165) is 22.3 Å². The Morgan fingerprint density at radius 2 is 1.84 bits per heavy atom. The topological polar surface area (TPSA) is 124 Å². The average molecular weight is 429 g/mol. The minimum atomic E-state index is -0.344. The molecule has 4 rings (SSSR count). The summed E-state index contributed by atoms with van der Waals surface area (Å²) in [5, 5.41) is 12.5. The Morgan fingerprint density at radius 1 is 1.00 bits per heavy atom. The van der Waals surface area contributed by atoms with Gasteiger partial charge in [0.05, 0.1) is 6.54 Å². The lowest BCUT2D eigenvalue weighted by molar-refractivity contribution is -0.119. The molecule has 0 unspecified atom stereocenters. The molecule has 0 aliphatic carbocycles. The van der Waals surface area contributed by atoms with Gasteiger partial charge in [-0.3, -0.25) is 9.59 Å². The monoisotopic (exact) mass is 429 g/mol. The fourth-order valence-electron chi connectivity index (χ4n) is 3.21. The minimum Gasteiger partial charge on any atom is -0.359 e. The quantitative estimate of drug-likeness (QED) is 0.307. The summed E-state index contributed by atoms with van der Waals surface area (Å²) in [5.41, 5.74) is 4.17. The molecule has 4 aromatic rings. The molecule has 9 heteroatoms. The van der Waals surface area contributed by atoms with E-state index in [1.54, 1.807) is 36.5 Å². The van der Waals surface area contributed by atoms with E-state index in [1.807, 2.05) is 19.1 Å². The summed E-state index contributed by atoms with van der Waals surface area (Å²) in [6.07, 6.45) is 1.65. The molecule has 2 heterocycles. The van der Waals surface area contributed by atoms with E-state index in [4.69, 9.17) is 0 Å². The molecule has 0 spiro atoms. The van der Waals surface area contributed by atoms with Crippen LogP contribution in [0, 0.1) is 6.92 Å². The number of hydrogen-bond acceptors (Lipinski definition) is 6. The zero-order chi connectivity index (χ0) is 22.5. The zero-order valence-electron chi connectivity index (χ0n) is 17.7. The summed E-state index contributed by atoms with van der Waals surface area (Å²) in [6, 6.07) is 16.8. The number of aryl methyl sites for hydroxylation is 1. The second-order valence-electron chi connectivity index (χ2n) is 7.21. The molecule has 0 atom stereocenters. The van der Waals surface area contributed by atoms with E-state index in [2.05, 4.69) is 48.4 Å². The Kier molecular flexibility index (Phi) is 5.98. The van der Waals surface area contributed by atoms with Gasteiger partial charge in [0.2, 0.25) is 11.9 Å². The van der Waals surface area contributed by atoms with Crippen molar-refractivity contribution in [1.82, 2.24) is 25.6 Å². The third-order valence-electron chi connectivity index (χ3n) is 4.75. The second-order valence-corrected chi connectivity index (χ2v) is 7.21. The van der Waals surface area contributed by atoms with Gasteiger partial charge < -0.3 is 26.3 Å². The number of rotatable bonds is 7. The van der Waals surface area contributed by atoms with E-state index < -0.39 is 0 Å². The van der Waals surface area contributed by atoms with Crippen molar-refractivity contribution in [3.63, 3.8) is 0 Å². The molecule has 2 aromatic heterocycles. The first-order valence-corrected chi connectivity index (χ1v) is 10.1. The number of carbonyl (C=O) groups is 2. The molecule has 0 fully saturated rings. The van der Waals surface area contributed by atoms with Gasteiger partial charge in [-0.1, -0.05) is 6.07 Å². The summed E-state index contributed by atoms with van der Waals surface area (Å²) in [6.45, 7) is 1.94. The number of aromatic amines is 1. The first-order valence-electron chi connectivity index (χ1n) is 10.1. The number of carbonyl (C=O) groups excluding carboxylic acids is 2. The normalized spacial score (nSPS) is 10.6. The molecule has 0 aliphatic rings. The Balaban J connectivity index is 1.45. The van der Waals surface area contributed by atoms with E-state index in [9.17, 15) is 9.59 Å². The molecule has 162 valence electrons. The van der Waals surface area contributed by atoms with E-state index in [-0.39, 0.29) is 18.4 Å². The lowest BCUT2D eigenvalue weighted by atomic mass is 10.2. The maximum absolute atomic E-state index is 12.3. The van der Waals surface area contributed by atoms with Gasteiger partial charge in [0.25, 0.3) is 5.91 Å². The third-order valence-corrected chi connectivity index (χ3v) is 4.75. The highest BCUT2D eigenvalue weighted by Gasteiger charge is 2.09. The summed E-state index contributed by atoms with van der Waals surface area (Å²) < 4.78 is 0. The number of hydrogen-bond donors (Lipinski definition) is 5. The molecule has 0 aliphatic heterocycles. The average Bonchev–Trinajstić information content (AvgIpc) is 3.17. The summed E-state index contributed by atoms with van der Waals surface area (Å²) in [5.74, 6) is 0.408. The summed E-state index contributed by atoms with van der Waals surface area (Å²) in [7, 11) is 1.52. The minimum absolute atomic E-state index is 0.0854. The first kappa shape index (κ1) is 20.9. The van der Waals surface area contributed by atoms with Gasteiger partial charge in [-0.2, -0.15) is 4.98 Å². The van der Waals surface area contributed by atoms with Crippen LogP contribution in [0.25, 0.3) is 10.9 Å². The molecule has 2 aromatic carbocycles. The van der Waals surface area contributed by atoms with Crippen molar-refractivity contribution < 1.29 is 9.59 Å². The highest BCUT2D eigenvalue weighted by atomic mass is 16.2. The number of fused-ring (bicyclic) bond motifs is 1. The molecule has 32 heavy (non-hydrogen) atoms. The fourth-order valence-corrected chi connectivity index (χ4v) is 3.21. The number of nitrogens with zero attached hydrogens (tertiary/aromatic N) is 2. The van der Waals surface area contributed by atoms with Crippen LogP contribution in [0.2, 0.25) is 0 Å². The maximum Gasteiger partial charge on any atom is 0.251 e. The van der Waals surface area contributed by atoms with Crippen molar-refractivity contribution in [3.05, 3.63) is 72.1 Å². The molecule has 0 radical (unpaired) electrons. The van der Waals surface area contributed by atoms with Crippen molar-refractivity contribution in [1.29, 1.82) is 0 Å². The molecule has 9 nitrogen and oxygen atoms in total. The number of aromatic nitrogens is 3. The van der Waals surface area contributed by atoms with Crippen molar-refractivity contribution in [2.75, 3.05) is 24.2 Å². The highest BCUT2D eigenvalue weighted by Crippen LogP contribution is 2.23. The van der Waals surface area contributed by atoms with Gasteiger partial charge in [0, 0.05) is 46.8 Å². The van der Waals surface area contributed by atoms with Gasteiger partial charge >= 0.3 is 0 Å². The molecule has 0 bridgehead atoms. The van der Waals surface area contributed by atoms with Crippen LogP contribution in [0.1, 0.15) is 16.1 Å². The Bertz CT molecular complexity index is 1280. The molecule has 5 N–H and O–H groups in total. The number of benzene rings is 2. The van der Waals surface area contributed by atoms with Crippen LogP contribution in [0.15, 0.2) is 60.8 Å². The van der Waals surface area contributed by atoms with Gasteiger partial charge in [-0.15, -0.1) is 0 Å². The zero-order valence-corrected chi connectivity index (χ0v) is 17.7. The van der Waals surface area contributed by atoms with Gasteiger partial charge in [0.15, 0.2) is 0 Å². The number of anilines is 4. The summed E-state index contributed by atoms with van der Waals surface area (Å²) >= 11 is 0. The van der Waals surface area contributed by atoms with Gasteiger partial charge in [0.1, 0.15) is 5.82 Å². The largest absolute Gasteiger partial charge is 0.359 e. The van der Waals surface area contributed by atoms with Crippen LogP contribution in [0.5, 0.6) is 0 Å². The van der Waals surface area contributed by atoms with Crippen molar-refractivity contribution in [2.45, 2.75) is 6.92 Å². The third kappa shape index (κ3) is 5.01. The van der Waals surface area contributed by atoms with Crippen molar-refractivity contribution in [2.24, 2.45) is 0 Å². The smallest absolute Gasteiger partial charge is 0.251 e. The molecule has 0 saturated heterocycles. The first-order chi connectivity index (χ1) is 15.5. The standard InChI is InChI=1S/C23H23N7O2/c1-14-10-16-12-18(6-7-19(16)27-14)28-20-8-9-25-23(30-20)29-17-5-3-4-15(11-17)22(32)26-13-21(31)24-2/h3-12,27H,13H2,1-2H3,(H,24,31)(H,26,32)(H2,25,28,29,30). The van der Waals surface area contributed by atoms with Gasteiger partial charge in [-0.25, -0.2) is 4.98 Å². The lowest BCUT2D eigenvalue weighted by Crippen LogP contribution is -2.35. The summed E-state index contributed by atoms with van der Waals surface area (Å²) in [4.78, 5) is 35.6. The van der Waals surface area contributed by atoms with Crippen molar-refractivity contribution >= 4 is 45.9 Å². The van der Waals surface area contributed by atoms with E-state index in [0.29, 0.717) is 23.0 Å². The molecular formula is C23H23N7O2. The van der Waals surface area contributed by atoms with Crippen LogP contribution in [-0.2, 0) is 4.79 Å². The van der Waals surface area contributed by atoms with Crippen LogP contribution < -0.4 is 21.3 Å². The SMILES string of the molecule is CNC(=O)CNC(=O)c1cccc(Nc2nccc(Nc3ccc4[nH]c(C)cc4c3)n2)c1. The maximum atomic E-state index is 12.3. The Labute approximate surface area is 184 Å². The lowest BCUT2D eigenvalue weighted by Gasteiger charge is -2.10.